The van der Waals surface area contributed by atoms with Crippen LogP contribution in [0.4, 0.5) is 4.79 Å². The lowest BCUT2D eigenvalue weighted by Crippen LogP contribution is -2.41. The Morgan fingerprint density at radius 1 is 1.03 bits per heavy atom. The second kappa shape index (κ2) is 7.38. The number of aryl methyl sites for hydroxylation is 2. The van der Waals surface area contributed by atoms with Crippen LogP contribution in [0.1, 0.15) is 54.5 Å². The fourth-order valence-electron chi connectivity index (χ4n) is 4.47. The second-order valence-electron chi connectivity index (χ2n) is 8.71. The van der Waals surface area contributed by atoms with Gasteiger partial charge in [-0.25, -0.2) is 9.59 Å². The minimum Gasteiger partial charge on any atom is -0.423 e. The molecule has 1 fully saturated rings. The topological polar surface area (TPSA) is 79.6 Å². The smallest absolute Gasteiger partial charge is 0.336 e. The molecule has 0 radical (unpaired) electrons. The molecular formula is C25H26N2O4. The highest BCUT2D eigenvalue weighted by Gasteiger charge is 2.49. The molecule has 1 saturated heterocycles. The van der Waals surface area contributed by atoms with Crippen LogP contribution in [0.5, 0.6) is 0 Å². The van der Waals surface area contributed by atoms with Crippen molar-refractivity contribution in [3.05, 3.63) is 80.7 Å². The summed E-state index contributed by atoms with van der Waals surface area (Å²) in [7, 11) is 0. The van der Waals surface area contributed by atoms with E-state index in [4.69, 9.17) is 4.42 Å². The number of fused-ring (bicyclic) bond motifs is 1. The van der Waals surface area contributed by atoms with Crippen molar-refractivity contribution < 1.29 is 14.0 Å². The van der Waals surface area contributed by atoms with E-state index in [1.54, 1.807) is 6.92 Å². The summed E-state index contributed by atoms with van der Waals surface area (Å²) in [5.74, 6) is -0.0605. The van der Waals surface area contributed by atoms with E-state index in [0.717, 1.165) is 27.6 Å². The first kappa shape index (κ1) is 20.8. The SMILES string of the molecule is Cc1cc2oc(=O)cc(CN3C(=O)NC(C)(c4ccccc4C)C3=O)c2cc1C(C)C. The first-order valence-corrected chi connectivity index (χ1v) is 10.4. The number of benzene rings is 2. The maximum absolute atomic E-state index is 13.4. The van der Waals surface area contributed by atoms with E-state index < -0.39 is 17.2 Å². The molecule has 2 heterocycles. The molecule has 1 aromatic heterocycles. The predicted octanol–water partition coefficient (Wildman–Crippen LogP) is 4.50. The zero-order valence-electron chi connectivity index (χ0n) is 18.4. The van der Waals surface area contributed by atoms with Gasteiger partial charge in [0.25, 0.3) is 5.91 Å². The molecule has 1 unspecified atom stereocenters. The van der Waals surface area contributed by atoms with Gasteiger partial charge >= 0.3 is 11.7 Å². The Morgan fingerprint density at radius 2 is 1.74 bits per heavy atom. The maximum Gasteiger partial charge on any atom is 0.336 e. The van der Waals surface area contributed by atoms with Crippen molar-refractivity contribution in [2.45, 2.75) is 52.6 Å². The molecule has 6 nitrogen and oxygen atoms in total. The van der Waals surface area contributed by atoms with Crippen molar-refractivity contribution in [1.82, 2.24) is 10.2 Å². The van der Waals surface area contributed by atoms with Crippen LogP contribution in [0.2, 0.25) is 0 Å². The van der Waals surface area contributed by atoms with Crippen LogP contribution >= 0.6 is 0 Å². The van der Waals surface area contributed by atoms with Crippen LogP contribution in [0.3, 0.4) is 0 Å². The summed E-state index contributed by atoms with van der Waals surface area (Å²) in [5, 5.41) is 3.58. The number of carbonyl (C=O) groups excluding carboxylic acids is 2. The van der Waals surface area contributed by atoms with Gasteiger partial charge in [-0.2, -0.15) is 0 Å². The minimum absolute atomic E-state index is 0.00512. The van der Waals surface area contributed by atoms with Gasteiger partial charge in [0.2, 0.25) is 0 Å². The minimum atomic E-state index is -1.16. The normalized spacial score (nSPS) is 18.8. The lowest BCUT2D eigenvalue weighted by Gasteiger charge is -2.24. The molecule has 1 atom stereocenters. The van der Waals surface area contributed by atoms with Gasteiger partial charge in [0.15, 0.2) is 0 Å². The van der Waals surface area contributed by atoms with Crippen molar-refractivity contribution in [3.63, 3.8) is 0 Å². The molecule has 1 N–H and O–H groups in total. The van der Waals surface area contributed by atoms with Crippen LogP contribution in [-0.4, -0.2) is 16.8 Å². The Labute approximate surface area is 180 Å². The van der Waals surface area contributed by atoms with E-state index in [1.807, 2.05) is 50.2 Å². The van der Waals surface area contributed by atoms with E-state index in [-0.39, 0.29) is 18.4 Å². The molecule has 4 rings (SSSR count). The van der Waals surface area contributed by atoms with E-state index in [1.165, 1.54) is 11.0 Å². The van der Waals surface area contributed by atoms with Gasteiger partial charge in [0.1, 0.15) is 11.1 Å². The van der Waals surface area contributed by atoms with Gasteiger partial charge in [-0.05, 0) is 66.6 Å². The molecule has 31 heavy (non-hydrogen) atoms. The molecule has 3 amide bonds. The van der Waals surface area contributed by atoms with Gasteiger partial charge in [-0.15, -0.1) is 0 Å². The Morgan fingerprint density at radius 3 is 2.42 bits per heavy atom. The molecule has 0 spiro atoms. The van der Waals surface area contributed by atoms with E-state index in [0.29, 0.717) is 11.1 Å². The average molecular weight is 418 g/mol. The number of nitrogens with one attached hydrogen (secondary N) is 1. The summed E-state index contributed by atoms with van der Waals surface area (Å²) >= 11 is 0. The van der Waals surface area contributed by atoms with Gasteiger partial charge in [0, 0.05) is 11.5 Å². The first-order valence-electron chi connectivity index (χ1n) is 10.4. The summed E-state index contributed by atoms with van der Waals surface area (Å²) in [5.41, 5.74) is 3.22. The number of rotatable bonds is 4. The Balaban J connectivity index is 1.78. The number of nitrogens with zero attached hydrogens (tertiary/aromatic N) is 1. The second-order valence-corrected chi connectivity index (χ2v) is 8.71. The third kappa shape index (κ3) is 3.42. The third-order valence-corrected chi connectivity index (χ3v) is 6.13. The highest BCUT2D eigenvalue weighted by Crippen LogP contribution is 2.33. The molecular weight excluding hydrogens is 392 g/mol. The van der Waals surface area contributed by atoms with Crippen molar-refractivity contribution in [2.24, 2.45) is 0 Å². The Bertz CT molecular complexity index is 1270. The highest BCUT2D eigenvalue weighted by atomic mass is 16.4. The number of hydrogen-bond acceptors (Lipinski definition) is 4. The number of hydrogen-bond donors (Lipinski definition) is 1. The summed E-state index contributed by atoms with van der Waals surface area (Å²) < 4.78 is 5.40. The Kier molecular flexibility index (Phi) is 4.96. The van der Waals surface area contributed by atoms with Gasteiger partial charge in [0.05, 0.1) is 6.54 Å². The molecule has 1 aliphatic heterocycles. The molecule has 1 aliphatic rings. The highest BCUT2D eigenvalue weighted by molar-refractivity contribution is 6.07. The maximum atomic E-state index is 13.4. The molecule has 6 heteroatoms. The van der Waals surface area contributed by atoms with Crippen LogP contribution in [0, 0.1) is 13.8 Å². The van der Waals surface area contributed by atoms with Gasteiger partial charge < -0.3 is 9.73 Å². The van der Waals surface area contributed by atoms with E-state index >= 15 is 0 Å². The predicted molar refractivity (Wildman–Crippen MR) is 119 cm³/mol. The molecule has 160 valence electrons. The van der Waals surface area contributed by atoms with Crippen molar-refractivity contribution >= 4 is 22.9 Å². The summed E-state index contributed by atoms with van der Waals surface area (Å²) in [6.45, 7) is 9.79. The molecule has 0 aliphatic carbocycles. The largest absolute Gasteiger partial charge is 0.423 e. The molecule has 0 saturated carbocycles. The summed E-state index contributed by atoms with van der Waals surface area (Å²) in [6.07, 6.45) is 0. The van der Waals surface area contributed by atoms with Crippen LogP contribution < -0.4 is 10.9 Å². The van der Waals surface area contributed by atoms with Gasteiger partial charge in [-0.3, -0.25) is 9.69 Å². The lowest BCUT2D eigenvalue weighted by molar-refractivity contribution is -0.131. The van der Waals surface area contributed by atoms with Crippen LogP contribution in [0.25, 0.3) is 11.0 Å². The Hall–Kier alpha value is -3.41. The molecule has 0 bridgehead atoms. The van der Waals surface area contributed by atoms with Gasteiger partial charge in [-0.1, -0.05) is 38.1 Å². The van der Waals surface area contributed by atoms with E-state index in [2.05, 4.69) is 19.2 Å². The number of amides is 3. The number of carbonyl (C=O) groups is 2. The summed E-state index contributed by atoms with van der Waals surface area (Å²) in [4.78, 5) is 39.6. The monoisotopic (exact) mass is 418 g/mol. The van der Waals surface area contributed by atoms with Crippen LogP contribution in [0.15, 0.2) is 51.7 Å². The lowest BCUT2D eigenvalue weighted by atomic mass is 9.88. The quantitative estimate of drug-likeness (QED) is 0.500. The van der Waals surface area contributed by atoms with Crippen molar-refractivity contribution in [2.75, 3.05) is 0 Å². The number of imide groups is 1. The zero-order chi connectivity index (χ0) is 22.5. The van der Waals surface area contributed by atoms with E-state index in [9.17, 15) is 14.4 Å². The number of urea groups is 1. The summed E-state index contributed by atoms with van der Waals surface area (Å²) in [6, 6.07) is 12.2. The fraction of sp³-hybridized carbons (Fsp3) is 0.320. The van der Waals surface area contributed by atoms with Crippen molar-refractivity contribution in [3.8, 4) is 0 Å². The average Bonchev–Trinajstić information content (AvgIpc) is 2.91. The zero-order valence-corrected chi connectivity index (χ0v) is 18.4. The molecule has 3 aromatic rings. The van der Waals surface area contributed by atoms with Crippen LogP contribution in [-0.2, 0) is 16.9 Å². The fourth-order valence-corrected chi connectivity index (χ4v) is 4.47. The molecule has 2 aromatic carbocycles. The first-order chi connectivity index (χ1) is 14.6. The van der Waals surface area contributed by atoms with Crippen molar-refractivity contribution in [1.29, 1.82) is 0 Å². The third-order valence-electron chi connectivity index (χ3n) is 6.13. The standard InChI is InChI=1S/C25H26N2O4/c1-14(2)18-12-19-17(11-22(28)31-21(19)10-16(18)4)13-27-23(29)25(5,26-24(27)30)20-9-7-6-8-15(20)3/h6-12,14H,13H2,1-5H3,(H,26,30).